The Morgan fingerprint density at radius 2 is 2.18 bits per heavy atom. The quantitative estimate of drug-likeness (QED) is 0.497. The molecule has 98 valence electrons. The van der Waals surface area contributed by atoms with Crippen molar-refractivity contribution in [2.75, 3.05) is 26.4 Å². The molecule has 0 amide bonds. The van der Waals surface area contributed by atoms with E-state index >= 15 is 0 Å². The van der Waals surface area contributed by atoms with Crippen LogP contribution in [0.25, 0.3) is 0 Å². The number of hydrogen-bond acceptors (Lipinski definition) is 3. The first-order chi connectivity index (χ1) is 8.09. The van der Waals surface area contributed by atoms with Crippen molar-refractivity contribution in [2.24, 2.45) is 5.41 Å². The maximum Gasteiger partial charge on any atom is 0.330 e. The van der Waals surface area contributed by atoms with Gasteiger partial charge in [0.1, 0.15) is 0 Å². The molecule has 0 aromatic rings. The average molecular weight is 242 g/mol. The van der Waals surface area contributed by atoms with Crippen LogP contribution in [-0.2, 0) is 14.3 Å². The molecule has 1 aliphatic heterocycles. The van der Waals surface area contributed by atoms with Crippen molar-refractivity contribution in [1.82, 2.24) is 0 Å². The fraction of sp³-hybridized carbons (Fsp3) is 0.769. The molecule has 0 saturated carbocycles. The van der Waals surface area contributed by atoms with Crippen molar-refractivity contribution in [3.63, 3.8) is 0 Å². The predicted molar refractivity (Wildman–Crippen MR) is 65.0 cm³/mol. The van der Waals surface area contributed by atoms with Crippen LogP contribution in [0.3, 0.4) is 0 Å². The Hall–Kier alpha value is -0.870. The summed E-state index contributed by atoms with van der Waals surface area (Å²) in [5.41, 5.74) is 0.521. The molecule has 0 aromatic carbocycles. The highest BCUT2D eigenvalue weighted by Gasteiger charge is 2.36. The molecule has 0 aromatic heterocycles. The number of carbonyl (C=O) groups is 1. The molecule has 0 radical (unpaired) electrons. The van der Waals surface area contributed by atoms with E-state index in [9.17, 15) is 4.79 Å². The van der Waals surface area contributed by atoms with Gasteiger partial charge in [-0.3, -0.25) is 0 Å². The Labute approximate surface area is 103 Å². The van der Waals surface area contributed by atoms with Gasteiger partial charge in [-0.05, 0) is 25.7 Å². The topological polar surface area (TPSA) is 55.8 Å². The van der Waals surface area contributed by atoms with Crippen LogP contribution in [0, 0.1) is 5.41 Å². The summed E-state index contributed by atoms with van der Waals surface area (Å²) in [6.07, 6.45) is 3.33. The van der Waals surface area contributed by atoms with E-state index in [0.29, 0.717) is 13.0 Å². The molecule has 1 aliphatic rings. The largest absolute Gasteiger partial charge is 0.478 e. The zero-order valence-electron chi connectivity index (χ0n) is 10.5. The SMILES string of the molecule is C=C(CCCCOCC1(CC)COC1)C(=O)O. The molecule has 4 nitrogen and oxygen atoms in total. The first-order valence-corrected chi connectivity index (χ1v) is 6.16. The molecule has 4 heteroatoms. The highest BCUT2D eigenvalue weighted by atomic mass is 16.5. The molecule has 0 bridgehead atoms. The third-order valence-corrected chi connectivity index (χ3v) is 3.29. The summed E-state index contributed by atoms with van der Waals surface area (Å²) in [7, 11) is 0. The third-order valence-electron chi connectivity index (χ3n) is 3.29. The second-order valence-electron chi connectivity index (χ2n) is 4.76. The highest BCUT2D eigenvalue weighted by Crippen LogP contribution is 2.31. The van der Waals surface area contributed by atoms with Gasteiger partial charge in [-0.25, -0.2) is 4.79 Å². The molecule has 1 fully saturated rings. The van der Waals surface area contributed by atoms with E-state index in [1.54, 1.807) is 0 Å². The molecule has 1 heterocycles. The van der Waals surface area contributed by atoms with Crippen LogP contribution in [0.5, 0.6) is 0 Å². The predicted octanol–water partition coefficient (Wildman–Crippen LogP) is 2.24. The Morgan fingerprint density at radius 3 is 2.65 bits per heavy atom. The fourth-order valence-corrected chi connectivity index (χ4v) is 1.72. The molecular weight excluding hydrogens is 220 g/mol. The number of hydrogen-bond donors (Lipinski definition) is 1. The Morgan fingerprint density at radius 1 is 1.47 bits per heavy atom. The van der Waals surface area contributed by atoms with E-state index in [2.05, 4.69) is 13.5 Å². The lowest BCUT2D eigenvalue weighted by molar-refractivity contribution is -0.150. The molecule has 0 aliphatic carbocycles. The molecule has 1 saturated heterocycles. The van der Waals surface area contributed by atoms with Crippen LogP contribution in [0.4, 0.5) is 0 Å². The lowest BCUT2D eigenvalue weighted by atomic mass is 9.84. The van der Waals surface area contributed by atoms with Gasteiger partial charge in [-0.1, -0.05) is 13.5 Å². The van der Waals surface area contributed by atoms with Crippen molar-refractivity contribution in [3.05, 3.63) is 12.2 Å². The summed E-state index contributed by atoms with van der Waals surface area (Å²) in [5, 5.41) is 8.62. The van der Waals surface area contributed by atoms with E-state index in [4.69, 9.17) is 14.6 Å². The maximum absolute atomic E-state index is 10.5. The van der Waals surface area contributed by atoms with Crippen molar-refractivity contribution in [3.8, 4) is 0 Å². The summed E-state index contributed by atoms with van der Waals surface area (Å²) < 4.78 is 10.8. The van der Waals surface area contributed by atoms with Gasteiger partial charge in [0.25, 0.3) is 0 Å². The second-order valence-corrected chi connectivity index (χ2v) is 4.76. The third kappa shape index (κ3) is 4.48. The molecule has 0 spiro atoms. The van der Waals surface area contributed by atoms with Crippen LogP contribution >= 0.6 is 0 Å². The Kier molecular flexibility index (Phi) is 5.65. The summed E-state index contributed by atoms with van der Waals surface area (Å²) in [4.78, 5) is 10.5. The van der Waals surface area contributed by atoms with Crippen LogP contribution < -0.4 is 0 Å². The van der Waals surface area contributed by atoms with Gasteiger partial charge in [0.05, 0.1) is 19.8 Å². The molecule has 17 heavy (non-hydrogen) atoms. The minimum absolute atomic E-state index is 0.241. The monoisotopic (exact) mass is 242 g/mol. The number of rotatable bonds is 9. The molecule has 1 rings (SSSR count). The van der Waals surface area contributed by atoms with E-state index in [0.717, 1.165) is 39.1 Å². The summed E-state index contributed by atoms with van der Waals surface area (Å²) >= 11 is 0. The highest BCUT2D eigenvalue weighted by molar-refractivity contribution is 5.85. The first-order valence-electron chi connectivity index (χ1n) is 6.16. The Balaban J connectivity index is 1.98. The fourth-order valence-electron chi connectivity index (χ4n) is 1.72. The van der Waals surface area contributed by atoms with Gasteiger partial charge in [0, 0.05) is 17.6 Å². The Bertz CT molecular complexity index is 263. The molecular formula is C13H22O4. The number of unbranched alkanes of at least 4 members (excludes halogenated alkanes) is 1. The lowest BCUT2D eigenvalue weighted by Gasteiger charge is -2.40. The van der Waals surface area contributed by atoms with Crippen molar-refractivity contribution in [1.29, 1.82) is 0 Å². The van der Waals surface area contributed by atoms with Gasteiger partial charge < -0.3 is 14.6 Å². The normalized spacial score (nSPS) is 17.5. The second kappa shape index (κ2) is 6.77. The number of aliphatic carboxylic acids is 1. The minimum Gasteiger partial charge on any atom is -0.478 e. The van der Waals surface area contributed by atoms with Crippen molar-refractivity contribution < 1.29 is 19.4 Å². The van der Waals surface area contributed by atoms with Gasteiger partial charge in [-0.15, -0.1) is 0 Å². The smallest absolute Gasteiger partial charge is 0.330 e. The van der Waals surface area contributed by atoms with E-state index in [1.165, 1.54) is 0 Å². The minimum atomic E-state index is -0.900. The standard InChI is InChI=1S/C13H22O4/c1-3-13(9-17-10-13)8-16-7-5-4-6-11(2)12(14)15/h2-10H2,1H3,(H,14,15). The van der Waals surface area contributed by atoms with Crippen molar-refractivity contribution in [2.45, 2.75) is 32.6 Å². The van der Waals surface area contributed by atoms with Gasteiger partial charge in [0.15, 0.2) is 0 Å². The van der Waals surface area contributed by atoms with E-state index in [-0.39, 0.29) is 11.0 Å². The number of carboxylic acid groups (broad SMARTS) is 1. The first kappa shape index (κ1) is 14.2. The number of carboxylic acids is 1. The molecule has 1 N–H and O–H groups in total. The lowest BCUT2D eigenvalue weighted by Crippen LogP contribution is -2.45. The van der Waals surface area contributed by atoms with Crippen LogP contribution in [0.15, 0.2) is 12.2 Å². The van der Waals surface area contributed by atoms with Crippen LogP contribution in [-0.4, -0.2) is 37.5 Å². The van der Waals surface area contributed by atoms with Gasteiger partial charge in [0.2, 0.25) is 0 Å². The van der Waals surface area contributed by atoms with Crippen LogP contribution in [0.1, 0.15) is 32.6 Å². The van der Waals surface area contributed by atoms with Crippen LogP contribution in [0.2, 0.25) is 0 Å². The zero-order chi connectivity index (χ0) is 12.7. The number of ether oxygens (including phenoxy) is 2. The van der Waals surface area contributed by atoms with E-state index in [1.807, 2.05) is 0 Å². The van der Waals surface area contributed by atoms with E-state index < -0.39 is 5.97 Å². The molecule has 0 atom stereocenters. The summed E-state index contributed by atoms with van der Waals surface area (Å²) in [6.45, 7) is 8.70. The van der Waals surface area contributed by atoms with Crippen molar-refractivity contribution >= 4 is 5.97 Å². The summed E-state index contributed by atoms with van der Waals surface area (Å²) in [6, 6.07) is 0. The van der Waals surface area contributed by atoms with Gasteiger partial charge in [-0.2, -0.15) is 0 Å². The average Bonchev–Trinajstić information content (AvgIpc) is 2.25. The van der Waals surface area contributed by atoms with Gasteiger partial charge >= 0.3 is 5.97 Å². The maximum atomic E-state index is 10.5. The molecule has 0 unspecified atom stereocenters. The zero-order valence-corrected chi connectivity index (χ0v) is 10.5. The summed E-state index contributed by atoms with van der Waals surface area (Å²) in [5.74, 6) is -0.900.